The average molecular weight is 439 g/mol. The van der Waals surface area contributed by atoms with Gasteiger partial charge in [0.15, 0.2) is 20.8 Å². The van der Waals surface area contributed by atoms with E-state index in [4.69, 9.17) is 4.42 Å². The minimum absolute atomic E-state index is 0.00644. The van der Waals surface area contributed by atoms with Gasteiger partial charge < -0.3 is 13.9 Å². The van der Waals surface area contributed by atoms with Crippen LogP contribution in [0.1, 0.15) is 37.9 Å². The second-order valence-corrected chi connectivity index (χ2v) is 11.0. The zero-order valence-electron chi connectivity index (χ0n) is 16.7. The summed E-state index contributed by atoms with van der Waals surface area (Å²) in [4.78, 5) is 15.0. The Bertz CT molecular complexity index is 992. The van der Waals surface area contributed by atoms with E-state index in [-0.39, 0.29) is 35.2 Å². The van der Waals surface area contributed by atoms with Crippen molar-refractivity contribution in [2.45, 2.75) is 56.3 Å². The molecule has 0 N–H and O–H groups in total. The number of sulfone groups is 1. The van der Waals surface area contributed by atoms with E-state index in [1.54, 1.807) is 6.26 Å². The van der Waals surface area contributed by atoms with Crippen molar-refractivity contribution in [3.05, 3.63) is 18.1 Å². The van der Waals surface area contributed by atoms with Crippen molar-refractivity contribution in [3.63, 3.8) is 0 Å². The SMILES string of the molecule is Cc1occc1-c1nnc(SCC(=O)N(C2CCCC2)[C@H]2CCS(=O)(=O)C2)n1C. The van der Waals surface area contributed by atoms with Gasteiger partial charge in [-0.1, -0.05) is 24.6 Å². The zero-order valence-corrected chi connectivity index (χ0v) is 18.3. The predicted octanol–water partition coefficient (Wildman–Crippen LogP) is 2.43. The monoisotopic (exact) mass is 438 g/mol. The van der Waals surface area contributed by atoms with Gasteiger partial charge in [0, 0.05) is 19.1 Å². The predicted molar refractivity (Wildman–Crippen MR) is 110 cm³/mol. The summed E-state index contributed by atoms with van der Waals surface area (Å²) in [6.07, 6.45) is 6.27. The van der Waals surface area contributed by atoms with Crippen LogP contribution in [0, 0.1) is 6.92 Å². The molecule has 0 bridgehead atoms. The van der Waals surface area contributed by atoms with E-state index in [0.29, 0.717) is 17.4 Å². The van der Waals surface area contributed by atoms with Crippen LogP contribution in [0.2, 0.25) is 0 Å². The van der Waals surface area contributed by atoms with Crippen LogP contribution in [0.15, 0.2) is 21.9 Å². The molecule has 0 aromatic carbocycles. The molecular formula is C19H26N4O4S2. The first-order valence-corrected chi connectivity index (χ1v) is 12.7. The highest BCUT2D eigenvalue weighted by atomic mass is 32.2. The lowest BCUT2D eigenvalue weighted by Gasteiger charge is -2.34. The van der Waals surface area contributed by atoms with Crippen molar-refractivity contribution in [2.75, 3.05) is 17.3 Å². The number of carbonyl (C=O) groups is 1. The summed E-state index contributed by atoms with van der Waals surface area (Å²) in [5, 5.41) is 9.13. The summed E-state index contributed by atoms with van der Waals surface area (Å²) in [7, 11) is -1.17. The summed E-state index contributed by atoms with van der Waals surface area (Å²) in [5.41, 5.74) is 0.877. The molecule has 2 aromatic rings. The highest BCUT2D eigenvalue weighted by Gasteiger charge is 2.39. The lowest BCUT2D eigenvalue weighted by Crippen LogP contribution is -2.47. The van der Waals surface area contributed by atoms with Gasteiger partial charge in [0.1, 0.15) is 5.76 Å². The summed E-state index contributed by atoms with van der Waals surface area (Å²) in [5.74, 6) is 1.95. The second kappa shape index (κ2) is 8.14. The molecule has 3 heterocycles. The molecule has 10 heteroatoms. The Morgan fingerprint density at radius 3 is 2.66 bits per heavy atom. The Balaban J connectivity index is 1.47. The van der Waals surface area contributed by atoms with E-state index in [1.807, 2.05) is 29.5 Å². The van der Waals surface area contributed by atoms with Gasteiger partial charge in [-0.15, -0.1) is 10.2 Å². The number of nitrogens with zero attached hydrogens (tertiary/aromatic N) is 4. The molecule has 0 unspecified atom stereocenters. The second-order valence-electron chi connectivity index (χ2n) is 7.84. The summed E-state index contributed by atoms with van der Waals surface area (Å²) >= 11 is 1.34. The number of thioether (sulfide) groups is 1. The number of hydrogen-bond donors (Lipinski definition) is 0. The fraction of sp³-hybridized carbons (Fsp3) is 0.632. The van der Waals surface area contributed by atoms with E-state index >= 15 is 0 Å². The molecule has 0 radical (unpaired) electrons. The van der Waals surface area contributed by atoms with Crippen LogP contribution < -0.4 is 0 Å². The highest BCUT2D eigenvalue weighted by Crippen LogP contribution is 2.31. The van der Waals surface area contributed by atoms with Crippen molar-refractivity contribution >= 4 is 27.5 Å². The van der Waals surface area contributed by atoms with Crippen LogP contribution in [-0.4, -0.2) is 63.3 Å². The first-order valence-electron chi connectivity index (χ1n) is 9.94. The summed E-state index contributed by atoms with van der Waals surface area (Å²) < 4.78 is 31.2. The molecule has 1 aliphatic carbocycles. The Morgan fingerprint density at radius 2 is 2.03 bits per heavy atom. The molecule has 1 aliphatic heterocycles. The van der Waals surface area contributed by atoms with E-state index in [0.717, 1.165) is 37.0 Å². The number of aromatic nitrogens is 3. The van der Waals surface area contributed by atoms with E-state index in [1.165, 1.54) is 11.8 Å². The molecule has 1 saturated heterocycles. The molecule has 1 amide bonds. The third-order valence-electron chi connectivity index (χ3n) is 5.87. The first-order chi connectivity index (χ1) is 13.9. The fourth-order valence-electron chi connectivity index (χ4n) is 4.38. The zero-order chi connectivity index (χ0) is 20.6. The van der Waals surface area contributed by atoms with Crippen LogP contribution in [0.25, 0.3) is 11.4 Å². The van der Waals surface area contributed by atoms with Gasteiger partial charge in [-0.2, -0.15) is 0 Å². The smallest absolute Gasteiger partial charge is 0.233 e. The Kier molecular flexibility index (Phi) is 5.74. The van der Waals surface area contributed by atoms with Gasteiger partial charge in [0.25, 0.3) is 0 Å². The van der Waals surface area contributed by atoms with Crippen molar-refractivity contribution < 1.29 is 17.6 Å². The van der Waals surface area contributed by atoms with Gasteiger partial charge in [-0.05, 0) is 32.3 Å². The molecule has 2 aliphatic rings. The molecule has 1 atom stereocenters. The summed E-state index contributed by atoms with van der Waals surface area (Å²) in [6.45, 7) is 1.87. The van der Waals surface area contributed by atoms with Crippen LogP contribution in [0.4, 0.5) is 0 Å². The van der Waals surface area contributed by atoms with Gasteiger partial charge in [0.05, 0.1) is 29.1 Å². The summed E-state index contributed by atoms with van der Waals surface area (Å²) in [6, 6.07) is 1.81. The Labute approximate surface area is 175 Å². The molecule has 8 nitrogen and oxygen atoms in total. The molecular weight excluding hydrogens is 412 g/mol. The lowest BCUT2D eigenvalue weighted by molar-refractivity contribution is -0.132. The molecule has 2 aromatic heterocycles. The molecule has 158 valence electrons. The van der Waals surface area contributed by atoms with Crippen molar-refractivity contribution in [1.82, 2.24) is 19.7 Å². The standard InChI is InChI=1S/C19H26N4O4S2/c1-13-16(7-9-27-13)18-20-21-19(22(18)2)28-11-17(24)23(14-5-3-4-6-14)15-8-10-29(25,26)12-15/h7,9,14-15H,3-6,8,10-12H2,1-2H3/t15-/m0/s1. The third kappa shape index (κ3) is 4.23. The number of aryl methyl sites for hydroxylation is 1. The van der Waals surface area contributed by atoms with Crippen LogP contribution in [0.3, 0.4) is 0 Å². The van der Waals surface area contributed by atoms with E-state index in [9.17, 15) is 13.2 Å². The van der Waals surface area contributed by atoms with Gasteiger partial charge in [-0.25, -0.2) is 8.42 Å². The van der Waals surface area contributed by atoms with Crippen molar-refractivity contribution in [2.24, 2.45) is 7.05 Å². The normalized spacial score (nSPS) is 21.7. The number of carbonyl (C=O) groups excluding carboxylic acids is 1. The van der Waals surface area contributed by atoms with Gasteiger partial charge in [0.2, 0.25) is 5.91 Å². The van der Waals surface area contributed by atoms with Gasteiger partial charge >= 0.3 is 0 Å². The van der Waals surface area contributed by atoms with Gasteiger partial charge in [-0.3, -0.25) is 4.79 Å². The minimum atomic E-state index is -3.04. The number of hydrogen-bond acceptors (Lipinski definition) is 7. The molecule has 4 rings (SSSR count). The van der Waals surface area contributed by atoms with E-state index in [2.05, 4.69) is 10.2 Å². The number of rotatable bonds is 6. The average Bonchev–Trinajstić information content (AvgIpc) is 3.44. The molecule has 29 heavy (non-hydrogen) atoms. The highest BCUT2D eigenvalue weighted by molar-refractivity contribution is 7.99. The quantitative estimate of drug-likeness (QED) is 0.639. The Morgan fingerprint density at radius 1 is 1.28 bits per heavy atom. The maximum Gasteiger partial charge on any atom is 0.233 e. The minimum Gasteiger partial charge on any atom is -0.469 e. The number of furan rings is 1. The maximum absolute atomic E-state index is 13.1. The topological polar surface area (TPSA) is 98.3 Å². The molecule has 1 saturated carbocycles. The first kappa shape index (κ1) is 20.5. The molecule has 0 spiro atoms. The maximum atomic E-state index is 13.1. The van der Waals surface area contributed by atoms with Crippen LogP contribution in [-0.2, 0) is 21.7 Å². The largest absolute Gasteiger partial charge is 0.469 e. The fourth-order valence-corrected chi connectivity index (χ4v) is 6.87. The third-order valence-corrected chi connectivity index (χ3v) is 8.62. The van der Waals surface area contributed by atoms with Crippen molar-refractivity contribution in [1.29, 1.82) is 0 Å². The van der Waals surface area contributed by atoms with Crippen LogP contribution >= 0.6 is 11.8 Å². The molecule has 2 fully saturated rings. The Hall–Kier alpha value is -1.81. The lowest BCUT2D eigenvalue weighted by atomic mass is 10.1. The number of amides is 1. The van der Waals surface area contributed by atoms with Crippen LogP contribution in [0.5, 0.6) is 0 Å². The van der Waals surface area contributed by atoms with E-state index < -0.39 is 9.84 Å². The van der Waals surface area contributed by atoms with Crippen molar-refractivity contribution in [3.8, 4) is 11.4 Å².